The quantitative estimate of drug-likeness (QED) is 0.445. The summed E-state index contributed by atoms with van der Waals surface area (Å²) in [5.41, 5.74) is -1.37. The molecule has 0 fully saturated rings. The fourth-order valence-electron chi connectivity index (χ4n) is 0.829. The lowest BCUT2D eigenvalue weighted by Crippen LogP contribution is -2.71. The van der Waals surface area contributed by atoms with Gasteiger partial charge in [-0.3, -0.25) is 0 Å². The smallest absolute Gasteiger partial charge is 0.192 e. The van der Waals surface area contributed by atoms with E-state index < -0.39 is 41.5 Å². The summed E-state index contributed by atoms with van der Waals surface area (Å²) >= 11 is 0. The van der Waals surface area contributed by atoms with Crippen molar-refractivity contribution in [1.82, 2.24) is 5.54 Å². The summed E-state index contributed by atoms with van der Waals surface area (Å²) < 4.78 is 169. The summed E-state index contributed by atoms with van der Waals surface area (Å²) in [6, 6.07) is -6.86. The first-order valence-electron chi connectivity index (χ1n) is 4.15. The van der Waals surface area contributed by atoms with Crippen LogP contribution in [0.5, 0.6) is 0 Å². The van der Waals surface area contributed by atoms with E-state index in [9.17, 15) is 61.6 Å². The van der Waals surface area contributed by atoms with Crippen LogP contribution in [-0.2, 0) is 0 Å². The molecule has 0 spiro atoms. The van der Waals surface area contributed by atoms with Crippen molar-refractivity contribution in [2.45, 2.75) is 35.9 Å². The van der Waals surface area contributed by atoms with Crippen LogP contribution in [0.15, 0.2) is 0 Å². The third-order valence-electron chi connectivity index (χ3n) is 2.05. The second-order valence-electron chi connectivity index (χ2n) is 3.46. The van der Waals surface area contributed by atoms with Crippen LogP contribution in [0.1, 0.15) is 0 Å². The highest BCUT2D eigenvalue weighted by Gasteiger charge is 2.91. The molecule has 0 aliphatic rings. The van der Waals surface area contributed by atoms with Crippen molar-refractivity contribution >= 4 is 0 Å². The molecule has 0 saturated carbocycles. The van der Waals surface area contributed by atoms with E-state index in [2.05, 4.69) is 0 Å². The molecule has 0 aliphatic carbocycles. The van der Waals surface area contributed by atoms with Crippen LogP contribution in [0.25, 0.3) is 0 Å². The minimum Gasteiger partial charge on any atom is -0.192 e. The second kappa shape index (κ2) is 4.74. The molecular weight excluding hydrogens is 352 g/mol. The molecule has 0 rings (SSSR count). The Kier molecular flexibility index (Phi) is 4.51. The van der Waals surface area contributed by atoms with Gasteiger partial charge in [0.2, 0.25) is 0 Å². The summed E-state index contributed by atoms with van der Waals surface area (Å²) in [5.74, 6) is -31.4. The minimum absolute atomic E-state index is 1.37. The lowest BCUT2D eigenvalue weighted by Gasteiger charge is -2.38. The normalized spacial score (nSPS) is 16.3. The first kappa shape index (κ1) is 20.0. The third-order valence-corrected chi connectivity index (χ3v) is 2.05. The molecule has 0 aromatic heterocycles. The molecule has 1 nitrogen and oxygen atoms in total. The molecule has 0 amide bonds. The van der Waals surface area contributed by atoms with Crippen molar-refractivity contribution < 1.29 is 61.6 Å². The maximum absolute atomic E-state index is 12.5. The van der Waals surface area contributed by atoms with E-state index in [0.717, 1.165) is 0 Å². The van der Waals surface area contributed by atoms with Crippen LogP contribution in [0.3, 0.4) is 0 Å². The van der Waals surface area contributed by atoms with Gasteiger partial charge in [0.15, 0.2) is 0 Å². The van der Waals surface area contributed by atoms with Gasteiger partial charge in [-0.05, 0) is 0 Å². The molecule has 0 aliphatic heterocycles. The predicted molar refractivity (Wildman–Crippen MR) is 35.0 cm³/mol. The minimum atomic E-state index is -8.01. The average molecular weight is 353 g/mol. The fourth-order valence-corrected chi connectivity index (χ4v) is 0.829. The zero-order chi connectivity index (χ0) is 17.7. The molecule has 1 N–H and O–H groups in total. The van der Waals surface area contributed by atoms with E-state index in [1.807, 2.05) is 0 Å². The Morgan fingerprint density at radius 3 is 0.952 bits per heavy atom. The van der Waals surface area contributed by atoms with Gasteiger partial charge in [0.05, 0.1) is 0 Å². The van der Waals surface area contributed by atoms with Crippen molar-refractivity contribution in [2.24, 2.45) is 0 Å². The molecule has 128 valence electrons. The maximum atomic E-state index is 12.5. The Morgan fingerprint density at radius 1 is 0.429 bits per heavy atom. The zero-order valence-corrected chi connectivity index (χ0v) is 8.79. The van der Waals surface area contributed by atoms with Crippen molar-refractivity contribution in [2.75, 3.05) is 0 Å². The largest absolute Gasteiger partial charge is 0.460 e. The Morgan fingerprint density at radius 2 is 0.714 bits per heavy atom. The molecule has 0 bridgehead atoms. The van der Waals surface area contributed by atoms with Crippen LogP contribution < -0.4 is 5.54 Å². The van der Waals surface area contributed by atoms with E-state index in [1.165, 1.54) is 0 Å². The van der Waals surface area contributed by atoms with Crippen LogP contribution in [0.4, 0.5) is 61.6 Å². The highest BCUT2D eigenvalue weighted by molar-refractivity contribution is 5.09. The molecule has 21 heavy (non-hydrogen) atoms. The van der Waals surface area contributed by atoms with Gasteiger partial charge in [0.25, 0.3) is 0 Å². The first-order chi connectivity index (χ1) is 8.81. The fraction of sp³-hybridized carbons (Fsp3) is 1.00. The molecule has 0 saturated heterocycles. The summed E-state index contributed by atoms with van der Waals surface area (Å²) in [4.78, 5) is 0. The Labute approximate surface area is 104 Å². The second-order valence-corrected chi connectivity index (χ2v) is 3.46. The van der Waals surface area contributed by atoms with Crippen molar-refractivity contribution in [3.63, 3.8) is 0 Å². The van der Waals surface area contributed by atoms with E-state index in [1.54, 1.807) is 0 Å². The maximum Gasteiger partial charge on any atom is 0.460 e. The molecular formula is C6HF14N. The number of alkyl halides is 13. The van der Waals surface area contributed by atoms with E-state index >= 15 is 0 Å². The van der Waals surface area contributed by atoms with Gasteiger partial charge >= 0.3 is 35.9 Å². The van der Waals surface area contributed by atoms with E-state index in [0.29, 0.717) is 0 Å². The van der Waals surface area contributed by atoms with Crippen molar-refractivity contribution in [1.29, 1.82) is 0 Å². The van der Waals surface area contributed by atoms with Gasteiger partial charge in [0, 0.05) is 0 Å². The Balaban J connectivity index is 6.14. The highest BCUT2D eigenvalue weighted by Crippen LogP contribution is 2.59. The molecule has 0 atom stereocenters. The van der Waals surface area contributed by atoms with Gasteiger partial charge in [-0.25, -0.2) is 0 Å². The molecule has 0 unspecified atom stereocenters. The SMILES string of the molecule is FNC(F)(F)C(F)(F)C(F)(F)C(F)(F)C(F)(F)C(F)(F)F. The van der Waals surface area contributed by atoms with Crippen molar-refractivity contribution in [3.8, 4) is 0 Å². The van der Waals surface area contributed by atoms with Crippen LogP contribution in [0, 0.1) is 0 Å². The third kappa shape index (κ3) is 2.48. The lowest BCUT2D eigenvalue weighted by molar-refractivity contribution is -0.444. The number of halogens is 14. The predicted octanol–water partition coefficient (Wildman–Crippen LogP) is 4.16. The van der Waals surface area contributed by atoms with Gasteiger partial charge in [-0.15, -0.1) is 4.48 Å². The van der Waals surface area contributed by atoms with E-state index in [-0.39, 0.29) is 0 Å². The van der Waals surface area contributed by atoms with Crippen molar-refractivity contribution in [3.05, 3.63) is 0 Å². The van der Waals surface area contributed by atoms with Gasteiger partial charge in [-0.2, -0.15) is 57.1 Å². The van der Waals surface area contributed by atoms with Crippen LogP contribution in [-0.4, -0.2) is 35.9 Å². The van der Waals surface area contributed by atoms with Gasteiger partial charge < -0.3 is 0 Å². The topological polar surface area (TPSA) is 12.0 Å². The highest BCUT2D eigenvalue weighted by atomic mass is 19.4. The lowest BCUT2D eigenvalue weighted by atomic mass is 9.97. The first-order valence-corrected chi connectivity index (χ1v) is 4.15. The Hall–Kier alpha value is -1.02. The van der Waals surface area contributed by atoms with Gasteiger partial charge in [0.1, 0.15) is 0 Å². The number of hydrogen-bond donors (Lipinski definition) is 1. The Bertz CT molecular complexity index is 379. The summed E-state index contributed by atoms with van der Waals surface area (Å²) in [7, 11) is 0. The van der Waals surface area contributed by atoms with Gasteiger partial charge in [-0.1, -0.05) is 5.54 Å². The zero-order valence-electron chi connectivity index (χ0n) is 8.79. The van der Waals surface area contributed by atoms with Crippen LogP contribution in [0.2, 0.25) is 0 Å². The molecule has 15 heteroatoms. The number of hydrogen-bond acceptors (Lipinski definition) is 1. The monoisotopic (exact) mass is 353 g/mol. The molecule has 0 heterocycles. The average Bonchev–Trinajstić information content (AvgIpc) is 2.26. The summed E-state index contributed by atoms with van der Waals surface area (Å²) in [5, 5.41) is 0. The van der Waals surface area contributed by atoms with Crippen LogP contribution >= 0.6 is 0 Å². The number of rotatable bonds is 5. The molecule has 0 aromatic carbocycles. The molecule has 0 aromatic rings. The summed E-state index contributed by atoms with van der Waals surface area (Å²) in [6.45, 7) is 0. The number of nitrogens with one attached hydrogen (secondary N) is 1. The standard InChI is InChI=1S/C6HF14N/c7-1(8,3(11,12)5(15,16)17)2(9,10)4(13,14)6(18,19)21-20/h21H. The van der Waals surface area contributed by atoms with E-state index in [4.69, 9.17) is 0 Å². The summed E-state index contributed by atoms with van der Waals surface area (Å²) in [6.07, 6.45) is -7.48. The molecule has 0 radical (unpaired) electrons.